The Hall–Kier alpha value is -3.75. The van der Waals surface area contributed by atoms with Crippen molar-refractivity contribution >= 4 is 29.5 Å². The number of nitrogens with one attached hydrogen (secondary N) is 2. The number of amides is 5. The number of hydrogen-bond acceptors (Lipinski definition) is 9. The van der Waals surface area contributed by atoms with E-state index in [-0.39, 0.29) is 94.4 Å². The topological polar surface area (TPSA) is 156 Å². The summed E-state index contributed by atoms with van der Waals surface area (Å²) in [4.78, 5) is 71.6. The van der Waals surface area contributed by atoms with Crippen LogP contribution in [0, 0.1) is 11.8 Å². The third-order valence-corrected chi connectivity index (χ3v) is 9.07. The lowest BCUT2D eigenvalue weighted by molar-refractivity contribution is -0.144. The number of carbonyl (C=O) groups is 5. The van der Waals surface area contributed by atoms with Gasteiger partial charge in [-0.2, -0.15) is 0 Å². The van der Waals surface area contributed by atoms with Crippen LogP contribution in [0.5, 0.6) is 5.75 Å². The number of piperidine rings is 1. The highest BCUT2D eigenvalue weighted by atomic mass is 16.5. The molecule has 0 spiro atoms. The maximum absolute atomic E-state index is 14.0. The van der Waals surface area contributed by atoms with Gasteiger partial charge in [-0.15, -0.1) is 0 Å². The van der Waals surface area contributed by atoms with Crippen LogP contribution >= 0.6 is 0 Å². The lowest BCUT2D eigenvalue weighted by Crippen LogP contribution is -2.56. The number of nitrogens with zero attached hydrogens (tertiary/aromatic N) is 3. The Morgan fingerprint density at radius 3 is 2.46 bits per heavy atom. The van der Waals surface area contributed by atoms with E-state index >= 15 is 0 Å². The summed E-state index contributed by atoms with van der Waals surface area (Å²) in [7, 11) is 0. The molecule has 4 fully saturated rings. The van der Waals surface area contributed by atoms with E-state index in [1.807, 2.05) is 6.07 Å². The Bertz CT molecular complexity index is 1210. The highest BCUT2D eigenvalue weighted by molar-refractivity contribution is 5.90. The summed E-state index contributed by atoms with van der Waals surface area (Å²) in [6.45, 7) is 3.71. The zero-order chi connectivity index (χ0) is 32.3. The van der Waals surface area contributed by atoms with Crippen molar-refractivity contribution in [2.45, 2.75) is 37.8 Å². The molecule has 46 heavy (non-hydrogen) atoms. The molecule has 1 aromatic rings. The fourth-order valence-electron chi connectivity index (χ4n) is 6.60. The van der Waals surface area contributed by atoms with Crippen molar-refractivity contribution in [1.29, 1.82) is 0 Å². The van der Waals surface area contributed by atoms with E-state index in [1.165, 1.54) is 4.90 Å². The first kappa shape index (κ1) is 33.6. The molecule has 252 valence electrons. The number of carbonyl (C=O) groups excluding carboxylic acids is 5. The van der Waals surface area contributed by atoms with Crippen LogP contribution in [0.4, 0.5) is 0 Å². The lowest BCUT2D eigenvalue weighted by Gasteiger charge is -2.40. The summed E-state index contributed by atoms with van der Waals surface area (Å²) in [5.74, 6) is -1.04. The van der Waals surface area contributed by atoms with Crippen LogP contribution in [0.15, 0.2) is 30.3 Å². The van der Waals surface area contributed by atoms with Crippen LogP contribution in [0.1, 0.15) is 25.7 Å². The van der Waals surface area contributed by atoms with Crippen LogP contribution in [0.25, 0.3) is 0 Å². The Balaban J connectivity index is 1.30. The van der Waals surface area contributed by atoms with Gasteiger partial charge in [-0.05, 0) is 36.8 Å². The lowest BCUT2D eigenvalue weighted by atomic mass is 9.80. The van der Waals surface area contributed by atoms with Crippen molar-refractivity contribution in [3.05, 3.63) is 30.3 Å². The van der Waals surface area contributed by atoms with E-state index in [2.05, 4.69) is 10.6 Å². The minimum absolute atomic E-state index is 0.0196. The summed E-state index contributed by atoms with van der Waals surface area (Å²) >= 11 is 0. The molecule has 0 aliphatic carbocycles. The monoisotopic (exact) mass is 643 g/mol. The highest BCUT2D eigenvalue weighted by Crippen LogP contribution is 2.32. The van der Waals surface area contributed by atoms with Crippen molar-refractivity contribution in [1.82, 2.24) is 25.3 Å². The molecule has 4 saturated heterocycles. The molecular weight excluding hydrogens is 598 g/mol. The van der Waals surface area contributed by atoms with E-state index in [1.54, 1.807) is 34.1 Å². The zero-order valence-electron chi connectivity index (χ0n) is 26.2. The zero-order valence-corrected chi connectivity index (χ0v) is 26.2. The SMILES string of the molecule is O=C(COc1ccccc1)N[C@@H]1CCN2C(=O)C[C@H]3CN(CC[C@H]3CC(=O)N3CCOCC3)C(=O)COCCOCCNC(=O)[C@H]12. The van der Waals surface area contributed by atoms with E-state index in [0.717, 1.165) is 0 Å². The molecule has 14 heteroatoms. The molecule has 2 N–H and O–H groups in total. The molecule has 5 amide bonds. The molecule has 1 aromatic carbocycles. The number of rotatable bonds is 6. The molecule has 4 aliphatic rings. The van der Waals surface area contributed by atoms with Crippen LogP contribution in [-0.4, -0.2) is 142 Å². The van der Waals surface area contributed by atoms with Gasteiger partial charge in [0.25, 0.3) is 5.91 Å². The van der Waals surface area contributed by atoms with Gasteiger partial charge in [-0.3, -0.25) is 24.0 Å². The number of hydrogen-bond donors (Lipinski definition) is 2. The van der Waals surface area contributed by atoms with E-state index in [0.29, 0.717) is 58.0 Å². The van der Waals surface area contributed by atoms with E-state index < -0.39 is 18.0 Å². The smallest absolute Gasteiger partial charge is 0.258 e. The summed E-state index contributed by atoms with van der Waals surface area (Å²) in [6, 6.07) is 7.41. The van der Waals surface area contributed by atoms with Gasteiger partial charge in [-0.25, -0.2) is 0 Å². The van der Waals surface area contributed by atoms with Gasteiger partial charge in [0.05, 0.1) is 39.1 Å². The Morgan fingerprint density at radius 2 is 1.65 bits per heavy atom. The summed E-state index contributed by atoms with van der Waals surface area (Å²) in [6.07, 6.45) is 1.31. The number of para-hydroxylation sites is 1. The van der Waals surface area contributed by atoms with Gasteiger partial charge < -0.3 is 44.3 Å². The number of fused-ring (bicyclic) bond motifs is 3. The van der Waals surface area contributed by atoms with Gasteiger partial charge in [0.2, 0.25) is 23.6 Å². The van der Waals surface area contributed by atoms with Crippen LogP contribution in [-0.2, 0) is 38.2 Å². The molecule has 0 saturated carbocycles. The second-order valence-corrected chi connectivity index (χ2v) is 12.1. The molecule has 14 nitrogen and oxygen atoms in total. The van der Waals surface area contributed by atoms with Crippen molar-refractivity contribution < 1.29 is 42.9 Å². The van der Waals surface area contributed by atoms with E-state index in [4.69, 9.17) is 18.9 Å². The normalized spacial score (nSPS) is 27.0. The average Bonchev–Trinajstić information content (AvgIpc) is 3.49. The third kappa shape index (κ3) is 9.17. The summed E-state index contributed by atoms with van der Waals surface area (Å²) < 4.78 is 22.1. The second kappa shape index (κ2) is 16.7. The third-order valence-electron chi connectivity index (χ3n) is 9.07. The fourth-order valence-corrected chi connectivity index (χ4v) is 6.60. The number of ether oxygens (including phenoxy) is 4. The molecular formula is C32H45N5O9. The Labute approximate surface area is 269 Å². The van der Waals surface area contributed by atoms with Gasteiger partial charge in [0.15, 0.2) is 6.61 Å². The van der Waals surface area contributed by atoms with Crippen LogP contribution in [0.3, 0.4) is 0 Å². The number of morpholine rings is 1. The summed E-state index contributed by atoms with van der Waals surface area (Å²) in [5.41, 5.74) is 0. The van der Waals surface area contributed by atoms with Gasteiger partial charge in [-0.1, -0.05) is 18.2 Å². The standard InChI is InChI=1S/C32H45N5O9/c38-27(21-46-25-4-2-1-3-5-25)34-26-7-10-37-29(40)19-24-20-36(9-6-23(24)18-28(39)35-11-14-44-15-12-35)30(41)22-45-17-16-43-13-8-33-32(42)31(26)37/h1-5,23-24,26,31H,6-22H2,(H,33,42)(H,34,38)/t23-,24-,26+,31-/m0/s1. The van der Waals surface area contributed by atoms with Gasteiger partial charge in [0.1, 0.15) is 18.4 Å². The molecule has 5 rings (SSSR count). The van der Waals surface area contributed by atoms with Crippen LogP contribution in [0.2, 0.25) is 0 Å². The molecule has 0 unspecified atom stereocenters. The molecule has 0 aromatic heterocycles. The summed E-state index contributed by atoms with van der Waals surface area (Å²) in [5, 5.41) is 5.75. The maximum Gasteiger partial charge on any atom is 0.258 e. The van der Waals surface area contributed by atoms with Crippen molar-refractivity contribution in [3.8, 4) is 5.75 Å². The van der Waals surface area contributed by atoms with Crippen LogP contribution < -0.4 is 15.4 Å². The molecule has 4 atom stereocenters. The Kier molecular flexibility index (Phi) is 12.2. The van der Waals surface area contributed by atoms with Crippen molar-refractivity contribution in [2.24, 2.45) is 11.8 Å². The molecule has 4 heterocycles. The maximum atomic E-state index is 14.0. The van der Waals surface area contributed by atoms with Gasteiger partial charge >= 0.3 is 0 Å². The molecule has 2 bridgehead atoms. The fraction of sp³-hybridized carbons (Fsp3) is 0.656. The van der Waals surface area contributed by atoms with Crippen molar-refractivity contribution in [3.63, 3.8) is 0 Å². The average molecular weight is 644 g/mol. The van der Waals surface area contributed by atoms with Crippen molar-refractivity contribution in [2.75, 3.05) is 85.5 Å². The molecule has 0 radical (unpaired) electrons. The van der Waals surface area contributed by atoms with Gasteiger partial charge in [0, 0.05) is 52.1 Å². The molecule has 4 aliphatic heterocycles. The predicted molar refractivity (Wildman–Crippen MR) is 163 cm³/mol. The largest absolute Gasteiger partial charge is 0.484 e. The van der Waals surface area contributed by atoms with E-state index in [9.17, 15) is 24.0 Å². The number of benzene rings is 1. The first-order valence-corrected chi connectivity index (χ1v) is 16.2. The first-order chi connectivity index (χ1) is 22.4. The minimum Gasteiger partial charge on any atom is -0.484 e. The minimum atomic E-state index is -0.929. The second-order valence-electron chi connectivity index (χ2n) is 12.1. The predicted octanol–water partition coefficient (Wildman–Crippen LogP) is -0.582. The first-order valence-electron chi connectivity index (χ1n) is 16.2. The quantitative estimate of drug-likeness (QED) is 0.414. The highest BCUT2D eigenvalue weighted by Gasteiger charge is 2.44. The Morgan fingerprint density at radius 1 is 0.891 bits per heavy atom.